The molecule has 0 aliphatic heterocycles. The summed E-state index contributed by atoms with van der Waals surface area (Å²) in [5.74, 6) is -0.392. The highest BCUT2D eigenvalue weighted by atomic mass is 79.9. The van der Waals surface area contributed by atoms with E-state index >= 15 is 0 Å². The normalized spacial score (nSPS) is 17.7. The van der Waals surface area contributed by atoms with Crippen molar-refractivity contribution < 1.29 is 9.90 Å². The van der Waals surface area contributed by atoms with Gasteiger partial charge in [0.15, 0.2) is 0 Å². The average Bonchev–Trinajstić information content (AvgIpc) is 2.90. The summed E-state index contributed by atoms with van der Waals surface area (Å²) in [7, 11) is 0. The fourth-order valence-corrected chi connectivity index (χ4v) is 2.76. The number of thiophene rings is 1. The Labute approximate surface area is 101 Å². The molecule has 3 nitrogen and oxygen atoms in total. The van der Waals surface area contributed by atoms with E-state index in [4.69, 9.17) is 5.11 Å². The maximum atomic E-state index is 10.9. The van der Waals surface area contributed by atoms with Crippen LogP contribution in [0.25, 0.3) is 0 Å². The number of aliphatic carboxylic acids is 1. The van der Waals surface area contributed by atoms with Crippen LogP contribution >= 0.6 is 27.3 Å². The van der Waals surface area contributed by atoms with E-state index in [2.05, 4.69) is 21.2 Å². The van der Waals surface area contributed by atoms with Crippen molar-refractivity contribution in [3.8, 4) is 0 Å². The Morgan fingerprint density at radius 2 is 2.47 bits per heavy atom. The lowest BCUT2D eigenvalue weighted by Gasteiger charge is -2.12. The Balaban J connectivity index is 1.87. The summed E-state index contributed by atoms with van der Waals surface area (Å²) in [4.78, 5) is 10.9. The molecule has 1 aromatic rings. The predicted molar refractivity (Wildman–Crippen MR) is 63.0 cm³/mol. The third kappa shape index (κ3) is 3.03. The molecule has 15 heavy (non-hydrogen) atoms. The first kappa shape index (κ1) is 11.1. The van der Waals surface area contributed by atoms with Gasteiger partial charge in [-0.05, 0) is 51.7 Å². The first-order chi connectivity index (χ1) is 7.16. The maximum absolute atomic E-state index is 10.9. The minimum atomic E-state index is -0.730. The van der Waals surface area contributed by atoms with E-state index in [1.165, 1.54) is 0 Å². The van der Waals surface area contributed by atoms with Crippen LogP contribution in [0, 0.1) is 5.92 Å². The highest BCUT2D eigenvalue weighted by Gasteiger charge is 2.35. The lowest BCUT2D eigenvalue weighted by Crippen LogP contribution is -2.37. The van der Waals surface area contributed by atoms with Crippen LogP contribution in [0.1, 0.15) is 18.4 Å². The Hall–Kier alpha value is -0.390. The molecule has 0 radical (unpaired) electrons. The van der Waals surface area contributed by atoms with Crippen molar-refractivity contribution in [2.45, 2.75) is 25.4 Å². The molecular formula is C10H12BrNO2S. The Bertz CT molecular complexity index is 362. The van der Waals surface area contributed by atoms with Gasteiger partial charge in [0.2, 0.25) is 0 Å². The summed E-state index contributed by atoms with van der Waals surface area (Å²) in [5.41, 5.74) is 1.14. The SMILES string of the molecule is O=C(O)C(NCc1csc(Br)c1)C1CC1. The second kappa shape index (κ2) is 4.63. The average molecular weight is 290 g/mol. The number of hydrogen-bond acceptors (Lipinski definition) is 3. The van der Waals surface area contributed by atoms with Crippen molar-refractivity contribution >= 4 is 33.2 Å². The number of nitrogens with one attached hydrogen (secondary N) is 1. The Morgan fingerprint density at radius 1 is 1.73 bits per heavy atom. The van der Waals surface area contributed by atoms with Gasteiger partial charge in [-0.3, -0.25) is 4.79 Å². The molecule has 82 valence electrons. The van der Waals surface area contributed by atoms with E-state index < -0.39 is 5.97 Å². The number of halogens is 1. The van der Waals surface area contributed by atoms with Gasteiger partial charge in [-0.2, -0.15) is 0 Å². The van der Waals surface area contributed by atoms with Crippen molar-refractivity contribution in [3.05, 3.63) is 20.8 Å². The van der Waals surface area contributed by atoms with Crippen LogP contribution in [-0.2, 0) is 11.3 Å². The molecule has 0 bridgehead atoms. The molecule has 1 atom stereocenters. The second-order valence-electron chi connectivity index (χ2n) is 3.79. The molecule has 1 aliphatic carbocycles. The number of hydrogen-bond donors (Lipinski definition) is 2. The molecule has 1 heterocycles. The quantitative estimate of drug-likeness (QED) is 0.876. The van der Waals surface area contributed by atoms with Crippen LogP contribution in [0.2, 0.25) is 0 Å². The van der Waals surface area contributed by atoms with Gasteiger partial charge in [-0.1, -0.05) is 0 Å². The van der Waals surface area contributed by atoms with E-state index in [9.17, 15) is 4.79 Å². The summed E-state index contributed by atoms with van der Waals surface area (Å²) in [6, 6.07) is 1.65. The fraction of sp³-hybridized carbons (Fsp3) is 0.500. The first-order valence-electron chi connectivity index (χ1n) is 4.86. The van der Waals surface area contributed by atoms with Gasteiger partial charge >= 0.3 is 5.97 Å². The summed E-state index contributed by atoms with van der Waals surface area (Å²) >= 11 is 5.00. The molecular weight excluding hydrogens is 278 g/mol. The largest absolute Gasteiger partial charge is 0.480 e. The predicted octanol–water partition coefficient (Wildman–Crippen LogP) is 2.46. The van der Waals surface area contributed by atoms with Gasteiger partial charge in [0.25, 0.3) is 0 Å². The third-order valence-corrected chi connectivity index (χ3v) is 4.06. The number of carbonyl (C=O) groups is 1. The van der Waals surface area contributed by atoms with Gasteiger partial charge in [-0.15, -0.1) is 11.3 Å². The minimum absolute atomic E-state index is 0.338. The molecule has 1 fully saturated rings. The fourth-order valence-electron chi connectivity index (χ4n) is 1.55. The summed E-state index contributed by atoms with van der Waals surface area (Å²) in [6.07, 6.45) is 2.08. The van der Waals surface area contributed by atoms with E-state index in [0.29, 0.717) is 12.5 Å². The smallest absolute Gasteiger partial charge is 0.320 e. The van der Waals surface area contributed by atoms with Crippen molar-refractivity contribution in [2.75, 3.05) is 0 Å². The lowest BCUT2D eigenvalue weighted by molar-refractivity contribution is -0.140. The standard InChI is InChI=1S/C10H12BrNO2S/c11-8-3-6(5-15-8)4-12-9(10(13)14)7-1-2-7/h3,5,7,9,12H,1-2,4H2,(H,13,14). The maximum Gasteiger partial charge on any atom is 0.320 e. The van der Waals surface area contributed by atoms with Crippen molar-refractivity contribution in [1.82, 2.24) is 5.32 Å². The molecule has 5 heteroatoms. The molecule has 0 saturated heterocycles. The number of carboxylic acids is 1. The first-order valence-corrected chi connectivity index (χ1v) is 6.53. The van der Waals surface area contributed by atoms with Gasteiger partial charge in [0.05, 0.1) is 3.79 Å². The molecule has 1 aromatic heterocycles. The molecule has 2 N–H and O–H groups in total. The van der Waals surface area contributed by atoms with E-state index in [-0.39, 0.29) is 6.04 Å². The highest BCUT2D eigenvalue weighted by Crippen LogP contribution is 2.33. The summed E-state index contributed by atoms with van der Waals surface area (Å²) in [6.45, 7) is 0.634. The number of rotatable bonds is 5. The number of carboxylic acid groups (broad SMARTS) is 1. The van der Waals surface area contributed by atoms with Gasteiger partial charge in [-0.25, -0.2) is 0 Å². The zero-order valence-electron chi connectivity index (χ0n) is 8.07. The molecule has 0 aromatic carbocycles. The zero-order chi connectivity index (χ0) is 10.8. The van der Waals surface area contributed by atoms with Crippen molar-refractivity contribution in [1.29, 1.82) is 0 Å². The third-order valence-electron chi connectivity index (χ3n) is 2.51. The zero-order valence-corrected chi connectivity index (χ0v) is 10.5. The summed E-state index contributed by atoms with van der Waals surface area (Å²) < 4.78 is 1.08. The molecule has 1 unspecified atom stereocenters. The van der Waals surface area contributed by atoms with Crippen LogP contribution in [0.3, 0.4) is 0 Å². The molecule has 1 aliphatic rings. The van der Waals surface area contributed by atoms with Crippen LogP contribution < -0.4 is 5.32 Å². The highest BCUT2D eigenvalue weighted by molar-refractivity contribution is 9.11. The second-order valence-corrected chi connectivity index (χ2v) is 6.08. The van der Waals surface area contributed by atoms with E-state index in [1.54, 1.807) is 11.3 Å². The van der Waals surface area contributed by atoms with Crippen molar-refractivity contribution in [3.63, 3.8) is 0 Å². The molecule has 0 amide bonds. The van der Waals surface area contributed by atoms with Crippen LogP contribution in [0.15, 0.2) is 15.2 Å². The van der Waals surface area contributed by atoms with Gasteiger partial charge in [0, 0.05) is 6.54 Å². The molecule has 1 saturated carbocycles. The van der Waals surface area contributed by atoms with Crippen LogP contribution in [-0.4, -0.2) is 17.1 Å². The van der Waals surface area contributed by atoms with Crippen molar-refractivity contribution in [2.24, 2.45) is 5.92 Å². The molecule has 2 rings (SSSR count). The van der Waals surface area contributed by atoms with Crippen LogP contribution in [0.5, 0.6) is 0 Å². The van der Waals surface area contributed by atoms with Crippen LogP contribution in [0.4, 0.5) is 0 Å². The monoisotopic (exact) mass is 289 g/mol. The Kier molecular flexibility index (Phi) is 3.43. The minimum Gasteiger partial charge on any atom is -0.480 e. The topological polar surface area (TPSA) is 49.3 Å². The Morgan fingerprint density at radius 3 is 2.93 bits per heavy atom. The summed E-state index contributed by atoms with van der Waals surface area (Å²) in [5, 5.41) is 14.1. The molecule has 0 spiro atoms. The van der Waals surface area contributed by atoms with E-state index in [0.717, 1.165) is 22.2 Å². The lowest BCUT2D eigenvalue weighted by atomic mass is 10.2. The van der Waals surface area contributed by atoms with Gasteiger partial charge in [0.1, 0.15) is 6.04 Å². The van der Waals surface area contributed by atoms with E-state index in [1.807, 2.05) is 11.4 Å². The van der Waals surface area contributed by atoms with Gasteiger partial charge < -0.3 is 10.4 Å².